The summed E-state index contributed by atoms with van der Waals surface area (Å²) in [5.74, 6) is 0.572. The molecule has 0 aliphatic heterocycles. The Bertz CT molecular complexity index is 1060. The molecule has 0 fully saturated rings. The largest absolute Gasteiger partial charge is 0.496 e. The molecule has 5 nitrogen and oxygen atoms in total. The third-order valence-corrected chi connectivity index (χ3v) is 5.22. The number of hydrogen-bond donors (Lipinski definition) is 1. The smallest absolute Gasteiger partial charge is 0.228 e. The molecule has 0 aliphatic carbocycles. The lowest BCUT2D eigenvalue weighted by molar-refractivity contribution is -0.115. The van der Waals surface area contributed by atoms with Crippen LogP contribution in [0.25, 0.3) is 10.8 Å². The summed E-state index contributed by atoms with van der Waals surface area (Å²) in [6.45, 7) is 0. The van der Waals surface area contributed by atoms with Crippen molar-refractivity contribution < 1.29 is 17.9 Å². The van der Waals surface area contributed by atoms with E-state index in [0.29, 0.717) is 5.69 Å². The minimum atomic E-state index is -3.24. The molecule has 0 saturated carbocycles. The summed E-state index contributed by atoms with van der Waals surface area (Å²) in [4.78, 5) is 12.6. The van der Waals surface area contributed by atoms with E-state index in [-0.39, 0.29) is 17.2 Å². The quantitative estimate of drug-likeness (QED) is 0.748. The van der Waals surface area contributed by atoms with E-state index >= 15 is 0 Å². The fourth-order valence-electron chi connectivity index (χ4n) is 2.79. The zero-order valence-corrected chi connectivity index (χ0v) is 15.3. The van der Waals surface area contributed by atoms with Crippen LogP contribution < -0.4 is 10.1 Å². The van der Waals surface area contributed by atoms with Crippen molar-refractivity contribution in [3.05, 3.63) is 66.2 Å². The fraction of sp³-hybridized carbons (Fsp3) is 0.150. The van der Waals surface area contributed by atoms with Crippen molar-refractivity contribution in [2.45, 2.75) is 11.3 Å². The van der Waals surface area contributed by atoms with E-state index in [1.54, 1.807) is 19.2 Å². The zero-order chi connectivity index (χ0) is 18.7. The van der Waals surface area contributed by atoms with Gasteiger partial charge >= 0.3 is 0 Å². The molecule has 26 heavy (non-hydrogen) atoms. The number of anilines is 1. The van der Waals surface area contributed by atoms with Gasteiger partial charge in [-0.25, -0.2) is 8.42 Å². The summed E-state index contributed by atoms with van der Waals surface area (Å²) in [5, 5.41) is 4.73. The maximum Gasteiger partial charge on any atom is 0.228 e. The number of amides is 1. The Morgan fingerprint density at radius 1 is 0.962 bits per heavy atom. The lowest BCUT2D eigenvalue weighted by Crippen LogP contribution is -2.14. The van der Waals surface area contributed by atoms with Crippen molar-refractivity contribution in [1.82, 2.24) is 0 Å². The summed E-state index contributed by atoms with van der Waals surface area (Å²) in [6.07, 6.45) is 1.31. The second-order valence-corrected chi connectivity index (χ2v) is 8.02. The number of sulfone groups is 1. The van der Waals surface area contributed by atoms with Gasteiger partial charge in [0, 0.05) is 22.7 Å². The number of rotatable bonds is 5. The minimum Gasteiger partial charge on any atom is -0.496 e. The Hall–Kier alpha value is -2.86. The summed E-state index contributed by atoms with van der Waals surface area (Å²) >= 11 is 0. The van der Waals surface area contributed by atoms with Crippen LogP contribution in [0.15, 0.2) is 65.6 Å². The van der Waals surface area contributed by atoms with Crippen LogP contribution in [0.5, 0.6) is 5.75 Å². The van der Waals surface area contributed by atoms with Crippen LogP contribution in [0.4, 0.5) is 5.69 Å². The molecular formula is C20H19NO4S. The van der Waals surface area contributed by atoms with Gasteiger partial charge in [0.25, 0.3) is 0 Å². The molecule has 134 valence electrons. The second kappa shape index (κ2) is 7.17. The SMILES string of the molecule is COc1ccc(NC(=O)Cc2ccc(S(C)(=O)=O)cc2)c2ccccc12. The Morgan fingerprint density at radius 2 is 1.62 bits per heavy atom. The van der Waals surface area contributed by atoms with Crippen LogP contribution in [0.3, 0.4) is 0 Å². The zero-order valence-electron chi connectivity index (χ0n) is 14.5. The van der Waals surface area contributed by atoms with Gasteiger partial charge in [0.2, 0.25) is 5.91 Å². The molecule has 0 aromatic heterocycles. The molecule has 6 heteroatoms. The van der Waals surface area contributed by atoms with Gasteiger partial charge in [-0.2, -0.15) is 0 Å². The molecule has 1 N–H and O–H groups in total. The highest BCUT2D eigenvalue weighted by molar-refractivity contribution is 7.90. The molecule has 0 bridgehead atoms. The van der Waals surface area contributed by atoms with Crippen LogP contribution >= 0.6 is 0 Å². The van der Waals surface area contributed by atoms with Gasteiger partial charge in [-0.05, 0) is 29.8 Å². The van der Waals surface area contributed by atoms with Gasteiger partial charge < -0.3 is 10.1 Å². The van der Waals surface area contributed by atoms with Gasteiger partial charge in [-0.3, -0.25) is 4.79 Å². The van der Waals surface area contributed by atoms with E-state index in [9.17, 15) is 13.2 Å². The third-order valence-electron chi connectivity index (χ3n) is 4.09. The van der Waals surface area contributed by atoms with Crippen molar-refractivity contribution in [2.24, 2.45) is 0 Å². The Labute approximate surface area is 152 Å². The van der Waals surface area contributed by atoms with Crippen LogP contribution in [0, 0.1) is 0 Å². The van der Waals surface area contributed by atoms with Crippen LogP contribution in [-0.2, 0) is 21.1 Å². The first-order valence-corrected chi connectivity index (χ1v) is 9.92. The van der Waals surface area contributed by atoms with Gasteiger partial charge in [0.1, 0.15) is 5.75 Å². The molecule has 0 spiro atoms. The summed E-state index contributed by atoms with van der Waals surface area (Å²) < 4.78 is 28.3. The van der Waals surface area contributed by atoms with Crippen molar-refractivity contribution in [1.29, 1.82) is 0 Å². The highest BCUT2D eigenvalue weighted by atomic mass is 32.2. The molecule has 0 unspecified atom stereocenters. The van der Waals surface area contributed by atoms with E-state index in [1.807, 2.05) is 36.4 Å². The van der Waals surface area contributed by atoms with Gasteiger partial charge in [0.05, 0.1) is 18.4 Å². The van der Waals surface area contributed by atoms with E-state index in [4.69, 9.17) is 4.74 Å². The molecule has 0 heterocycles. The average molecular weight is 369 g/mol. The summed E-state index contributed by atoms with van der Waals surface area (Å²) in [5.41, 5.74) is 1.45. The number of carbonyl (C=O) groups excluding carboxylic acids is 1. The van der Waals surface area contributed by atoms with Crippen molar-refractivity contribution >= 4 is 32.2 Å². The number of methoxy groups -OCH3 is 1. The molecular weight excluding hydrogens is 350 g/mol. The highest BCUT2D eigenvalue weighted by Crippen LogP contribution is 2.31. The highest BCUT2D eigenvalue weighted by Gasteiger charge is 2.11. The first-order valence-electron chi connectivity index (χ1n) is 8.03. The normalized spacial score (nSPS) is 11.3. The van der Waals surface area contributed by atoms with Crippen LogP contribution in [0.2, 0.25) is 0 Å². The van der Waals surface area contributed by atoms with Crippen molar-refractivity contribution in [3.63, 3.8) is 0 Å². The first kappa shape index (κ1) is 17.9. The number of fused-ring (bicyclic) bond motifs is 1. The van der Waals surface area contributed by atoms with E-state index in [1.165, 1.54) is 12.1 Å². The van der Waals surface area contributed by atoms with Gasteiger partial charge in [-0.15, -0.1) is 0 Å². The van der Waals surface area contributed by atoms with Crippen molar-refractivity contribution in [3.8, 4) is 5.75 Å². The number of hydrogen-bond acceptors (Lipinski definition) is 4. The maximum absolute atomic E-state index is 12.4. The van der Waals surface area contributed by atoms with E-state index in [2.05, 4.69) is 5.32 Å². The van der Waals surface area contributed by atoms with Crippen LogP contribution in [0.1, 0.15) is 5.56 Å². The molecule has 0 aliphatic rings. The molecule has 1 amide bonds. The lowest BCUT2D eigenvalue weighted by atomic mass is 10.1. The Morgan fingerprint density at radius 3 is 2.23 bits per heavy atom. The van der Waals surface area contributed by atoms with E-state index < -0.39 is 9.84 Å². The summed E-state index contributed by atoms with van der Waals surface area (Å²) in [6, 6.07) is 17.7. The second-order valence-electron chi connectivity index (χ2n) is 6.00. The number of carbonyl (C=O) groups is 1. The number of benzene rings is 3. The summed E-state index contributed by atoms with van der Waals surface area (Å²) in [7, 11) is -1.63. The standard InChI is InChI=1S/C20H19NO4S/c1-25-19-12-11-18(16-5-3-4-6-17(16)19)21-20(22)13-14-7-9-15(10-8-14)26(2,23)24/h3-12H,13H2,1-2H3,(H,21,22). The number of nitrogens with one attached hydrogen (secondary N) is 1. The Kier molecular flexibility index (Phi) is 4.95. The monoisotopic (exact) mass is 369 g/mol. The molecule has 3 aromatic carbocycles. The van der Waals surface area contributed by atoms with Crippen LogP contribution in [-0.4, -0.2) is 27.7 Å². The minimum absolute atomic E-state index is 0.157. The topological polar surface area (TPSA) is 72.5 Å². The Balaban J connectivity index is 1.80. The molecule has 0 radical (unpaired) electrons. The average Bonchev–Trinajstić information content (AvgIpc) is 2.61. The fourth-order valence-corrected chi connectivity index (χ4v) is 3.42. The molecule has 3 rings (SSSR count). The van der Waals surface area contributed by atoms with Crippen molar-refractivity contribution in [2.75, 3.05) is 18.7 Å². The lowest BCUT2D eigenvalue weighted by Gasteiger charge is -2.12. The third kappa shape index (κ3) is 3.86. The van der Waals surface area contributed by atoms with E-state index in [0.717, 1.165) is 28.3 Å². The predicted octanol–water partition coefficient (Wildman–Crippen LogP) is 3.43. The predicted molar refractivity (Wildman–Crippen MR) is 102 cm³/mol. The number of ether oxygens (including phenoxy) is 1. The van der Waals surface area contributed by atoms with Gasteiger partial charge in [-0.1, -0.05) is 36.4 Å². The maximum atomic E-state index is 12.4. The molecule has 0 saturated heterocycles. The molecule has 0 atom stereocenters. The van der Waals surface area contributed by atoms with Gasteiger partial charge in [0.15, 0.2) is 9.84 Å². The first-order chi connectivity index (χ1) is 12.4. The molecule has 3 aromatic rings.